The highest BCUT2D eigenvalue weighted by molar-refractivity contribution is 7.07. The van der Waals surface area contributed by atoms with E-state index in [-0.39, 0.29) is 12.2 Å². The molecule has 0 saturated carbocycles. The topological polar surface area (TPSA) is 69.9 Å². The van der Waals surface area contributed by atoms with Crippen LogP contribution in [0.4, 0.5) is 0 Å². The SMILES string of the molecule is CCCC1=C(C(=O)OCC)[C@H](c2cc(Cl)ccc2OC)n2c(s/c(=C/c3ccccc3Cl)c2=O)=N1. The standard InChI is InChI=1S/C26H24Cl2N2O4S/c1-4-8-19-22(25(32)34-5-2)23(17-14-16(27)11-12-20(17)33-3)30-24(31)21(35-26(30)29-19)13-15-9-6-7-10-18(15)28/h6-7,9-14,23H,4-5,8H2,1-3H3/b21-13+/t23-/m0/s1. The zero-order valence-electron chi connectivity index (χ0n) is 19.5. The second-order valence-corrected chi connectivity index (χ2v) is 9.67. The summed E-state index contributed by atoms with van der Waals surface area (Å²) in [5.74, 6) is -0.0215. The number of hydrogen-bond donors (Lipinski definition) is 0. The second kappa shape index (κ2) is 10.8. The molecule has 6 nitrogen and oxygen atoms in total. The third kappa shape index (κ3) is 4.94. The van der Waals surface area contributed by atoms with Gasteiger partial charge >= 0.3 is 5.97 Å². The molecule has 1 atom stereocenters. The van der Waals surface area contributed by atoms with E-state index in [2.05, 4.69) is 0 Å². The van der Waals surface area contributed by atoms with Crippen LogP contribution in [0.3, 0.4) is 0 Å². The second-order valence-electron chi connectivity index (χ2n) is 7.82. The number of benzene rings is 2. The minimum atomic E-state index is -0.811. The zero-order chi connectivity index (χ0) is 25.1. The fraction of sp³-hybridized carbons (Fsp3) is 0.269. The maximum absolute atomic E-state index is 13.8. The van der Waals surface area contributed by atoms with Gasteiger partial charge in [0.05, 0.1) is 29.5 Å². The van der Waals surface area contributed by atoms with E-state index in [9.17, 15) is 9.59 Å². The average molecular weight is 531 g/mol. The Labute approximate surface area is 216 Å². The number of aromatic nitrogens is 1. The van der Waals surface area contributed by atoms with Gasteiger partial charge in [0.15, 0.2) is 4.80 Å². The van der Waals surface area contributed by atoms with Gasteiger partial charge in [0.2, 0.25) is 0 Å². The first kappa shape index (κ1) is 25.2. The number of hydrogen-bond acceptors (Lipinski definition) is 6. The van der Waals surface area contributed by atoms with Gasteiger partial charge in [-0.3, -0.25) is 9.36 Å². The number of fused-ring (bicyclic) bond motifs is 1. The maximum atomic E-state index is 13.8. The van der Waals surface area contributed by atoms with Crippen LogP contribution < -0.4 is 19.6 Å². The number of carbonyl (C=O) groups excluding carboxylic acids is 1. The Morgan fingerprint density at radius 3 is 2.66 bits per heavy atom. The van der Waals surface area contributed by atoms with Gasteiger partial charge in [-0.25, -0.2) is 9.79 Å². The first-order valence-electron chi connectivity index (χ1n) is 11.2. The monoisotopic (exact) mass is 530 g/mol. The van der Waals surface area contributed by atoms with E-state index in [1.54, 1.807) is 37.3 Å². The van der Waals surface area contributed by atoms with Crippen molar-refractivity contribution in [1.82, 2.24) is 4.57 Å². The summed E-state index contributed by atoms with van der Waals surface area (Å²) in [6, 6.07) is 11.6. The summed E-state index contributed by atoms with van der Waals surface area (Å²) in [4.78, 5) is 32.3. The summed E-state index contributed by atoms with van der Waals surface area (Å²) >= 11 is 13.9. The maximum Gasteiger partial charge on any atom is 0.338 e. The van der Waals surface area contributed by atoms with Crippen molar-refractivity contribution in [2.45, 2.75) is 32.7 Å². The third-order valence-corrected chi connectivity index (χ3v) is 7.13. The Morgan fingerprint density at radius 1 is 1.20 bits per heavy atom. The molecular formula is C26H24Cl2N2O4S. The lowest BCUT2D eigenvalue weighted by atomic mass is 9.93. The molecule has 1 aromatic heterocycles. The van der Waals surface area contributed by atoms with E-state index in [1.807, 2.05) is 25.1 Å². The highest BCUT2D eigenvalue weighted by Gasteiger charge is 2.36. The van der Waals surface area contributed by atoms with Gasteiger partial charge in [0.1, 0.15) is 11.8 Å². The molecule has 2 aromatic carbocycles. The summed E-state index contributed by atoms with van der Waals surface area (Å²) in [7, 11) is 1.54. The number of rotatable bonds is 7. The molecule has 2 heterocycles. The Hall–Kier alpha value is -2.87. The van der Waals surface area contributed by atoms with E-state index in [0.29, 0.717) is 48.4 Å². The Balaban J connectivity index is 2.07. The highest BCUT2D eigenvalue weighted by atomic mass is 35.5. The quantitative estimate of drug-likeness (QED) is 0.407. The summed E-state index contributed by atoms with van der Waals surface area (Å²) in [6.45, 7) is 3.94. The predicted molar refractivity (Wildman–Crippen MR) is 139 cm³/mol. The van der Waals surface area contributed by atoms with Crippen molar-refractivity contribution in [2.24, 2.45) is 4.99 Å². The van der Waals surface area contributed by atoms with Crippen molar-refractivity contribution in [3.63, 3.8) is 0 Å². The number of esters is 1. The summed E-state index contributed by atoms with van der Waals surface area (Å²) < 4.78 is 13.0. The van der Waals surface area contributed by atoms with Crippen LogP contribution in [0.5, 0.6) is 5.75 Å². The van der Waals surface area contributed by atoms with Crippen LogP contribution in [0, 0.1) is 0 Å². The largest absolute Gasteiger partial charge is 0.496 e. The fourth-order valence-electron chi connectivity index (χ4n) is 4.07. The van der Waals surface area contributed by atoms with Gasteiger partial charge in [-0.2, -0.15) is 0 Å². The van der Waals surface area contributed by atoms with Crippen LogP contribution in [-0.2, 0) is 9.53 Å². The lowest BCUT2D eigenvalue weighted by Gasteiger charge is -2.27. The fourth-order valence-corrected chi connectivity index (χ4v) is 5.45. The van der Waals surface area contributed by atoms with Crippen molar-refractivity contribution < 1.29 is 14.3 Å². The van der Waals surface area contributed by atoms with E-state index in [4.69, 9.17) is 37.7 Å². The molecule has 0 amide bonds. The van der Waals surface area contributed by atoms with Crippen molar-refractivity contribution in [1.29, 1.82) is 0 Å². The van der Waals surface area contributed by atoms with Crippen LogP contribution in [0.2, 0.25) is 10.0 Å². The van der Waals surface area contributed by atoms with Crippen molar-refractivity contribution >= 4 is 46.6 Å². The number of carbonyl (C=O) groups is 1. The summed E-state index contributed by atoms with van der Waals surface area (Å²) in [6.07, 6.45) is 3.05. The lowest BCUT2D eigenvalue weighted by Crippen LogP contribution is -2.40. The number of methoxy groups -OCH3 is 1. The van der Waals surface area contributed by atoms with Crippen molar-refractivity contribution in [3.8, 4) is 5.75 Å². The number of halogens is 2. The van der Waals surface area contributed by atoms with Gasteiger partial charge in [0.25, 0.3) is 5.56 Å². The molecule has 0 spiro atoms. The van der Waals surface area contributed by atoms with Gasteiger partial charge in [0, 0.05) is 15.6 Å². The van der Waals surface area contributed by atoms with Crippen LogP contribution in [0.15, 0.2) is 63.5 Å². The molecular weight excluding hydrogens is 507 g/mol. The van der Waals surface area contributed by atoms with E-state index in [0.717, 1.165) is 12.0 Å². The smallest absolute Gasteiger partial charge is 0.338 e. The number of nitrogens with zero attached hydrogens (tertiary/aromatic N) is 2. The minimum absolute atomic E-state index is 0.193. The molecule has 0 fully saturated rings. The number of allylic oxidation sites excluding steroid dienone is 1. The molecule has 35 heavy (non-hydrogen) atoms. The third-order valence-electron chi connectivity index (χ3n) is 5.57. The average Bonchev–Trinajstić information content (AvgIpc) is 3.14. The van der Waals surface area contributed by atoms with E-state index in [1.165, 1.54) is 23.0 Å². The molecule has 0 aliphatic carbocycles. The highest BCUT2D eigenvalue weighted by Crippen LogP contribution is 2.38. The Bertz CT molecular complexity index is 1490. The van der Waals surface area contributed by atoms with Gasteiger partial charge < -0.3 is 9.47 Å². The normalized spacial score (nSPS) is 15.6. The van der Waals surface area contributed by atoms with E-state index >= 15 is 0 Å². The molecule has 3 aromatic rings. The van der Waals surface area contributed by atoms with Crippen LogP contribution in [0.25, 0.3) is 6.08 Å². The Morgan fingerprint density at radius 2 is 1.97 bits per heavy atom. The molecule has 0 bridgehead atoms. The number of thiazole rings is 1. The Kier molecular flexibility index (Phi) is 7.79. The minimum Gasteiger partial charge on any atom is -0.496 e. The zero-order valence-corrected chi connectivity index (χ0v) is 21.8. The van der Waals surface area contributed by atoms with Crippen LogP contribution in [0.1, 0.15) is 43.9 Å². The molecule has 1 aliphatic heterocycles. The lowest BCUT2D eigenvalue weighted by molar-refractivity contribution is -0.139. The molecule has 0 unspecified atom stereocenters. The molecule has 9 heteroatoms. The first-order valence-corrected chi connectivity index (χ1v) is 12.8. The number of ether oxygens (including phenoxy) is 2. The summed E-state index contributed by atoms with van der Waals surface area (Å²) in [5, 5.41) is 0.988. The molecule has 0 N–H and O–H groups in total. The molecule has 0 saturated heterocycles. The van der Waals surface area contributed by atoms with Crippen molar-refractivity contribution in [3.05, 3.63) is 94.6 Å². The van der Waals surface area contributed by atoms with Gasteiger partial charge in [-0.1, -0.05) is 66.1 Å². The van der Waals surface area contributed by atoms with Crippen LogP contribution in [-0.4, -0.2) is 24.3 Å². The predicted octanol–water partition coefficient (Wildman–Crippen LogP) is 4.89. The van der Waals surface area contributed by atoms with Gasteiger partial charge in [-0.15, -0.1) is 0 Å². The van der Waals surface area contributed by atoms with Crippen molar-refractivity contribution in [2.75, 3.05) is 13.7 Å². The molecule has 182 valence electrons. The first-order chi connectivity index (χ1) is 16.9. The molecule has 0 radical (unpaired) electrons. The summed E-state index contributed by atoms with van der Waals surface area (Å²) in [5.41, 5.74) is 1.90. The van der Waals surface area contributed by atoms with Gasteiger partial charge in [-0.05, 0) is 49.2 Å². The van der Waals surface area contributed by atoms with E-state index < -0.39 is 12.0 Å². The molecule has 4 rings (SSSR count). The van der Waals surface area contributed by atoms with Crippen LogP contribution >= 0.6 is 34.5 Å². The molecule has 1 aliphatic rings.